The quantitative estimate of drug-likeness (QED) is 0.336. The van der Waals surface area contributed by atoms with E-state index in [1.807, 2.05) is 0 Å². The van der Waals surface area contributed by atoms with Crippen LogP contribution in [0.15, 0.2) is 0 Å². The fraction of sp³-hybridized carbons (Fsp3) is 0.0182. The zero-order valence-electron chi connectivity index (χ0n) is 28.1. The molecule has 0 bridgehead atoms. The van der Waals surface area contributed by atoms with Gasteiger partial charge in [0.2, 0.25) is 0 Å². The lowest BCUT2D eigenvalue weighted by Crippen LogP contribution is -1.57. The zero-order valence-corrected chi connectivity index (χ0v) is 28.1. The van der Waals surface area contributed by atoms with Gasteiger partial charge >= 0.3 is 0 Å². The van der Waals surface area contributed by atoms with Crippen molar-refractivity contribution in [2.24, 2.45) is 0 Å². The van der Waals surface area contributed by atoms with Crippen molar-refractivity contribution in [2.75, 3.05) is 0 Å². The van der Waals surface area contributed by atoms with Crippen LogP contribution in [0, 0.1) is 320 Å². The molecule has 0 unspecified atom stereocenters. The second-order valence-electron chi connectivity index (χ2n) is 6.77. The van der Waals surface area contributed by atoms with Gasteiger partial charge in [-0.15, -0.1) is 6.42 Å². The van der Waals surface area contributed by atoms with E-state index in [2.05, 4.69) is 314 Å². The zero-order chi connectivity index (χ0) is 39.5. The van der Waals surface area contributed by atoms with Crippen molar-refractivity contribution in [3.05, 3.63) is 0 Å². The summed E-state index contributed by atoms with van der Waals surface area (Å²) in [6.07, 6.45) is 4.94. The SMILES string of the molecule is C#CC#CC#CC#CC#CC#CC#CC#CC#CC#CC#CC#CC#CC#CC#CC#CC#CC#CC#CC#CC#CC#CC#CC#CC#CC#CC#CC. The Morgan fingerprint density at radius 1 is 0.145 bits per heavy atom. The maximum absolute atomic E-state index is 4.94. The summed E-state index contributed by atoms with van der Waals surface area (Å²) in [5.74, 6) is 132. The van der Waals surface area contributed by atoms with Gasteiger partial charge < -0.3 is 0 Å². The normalized spacial score (nSPS) is 3.93. The summed E-state index contributed by atoms with van der Waals surface area (Å²) in [6, 6.07) is 0. The van der Waals surface area contributed by atoms with Gasteiger partial charge in [-0.25, -0.2) is 0 Å². The molecular formula is C55H4. The van der Waals surface area contributed by atoms with Crippen molar-refractivity contribution in [2.45, 2.75) is 6.92 Å². The first-order valence-electron chi connectivity index (χ1n) is 13.8. The Kier molecular flexibility index (Phi) is 33.0. The lowest BCUT2D eigenvalue weighted by atomic mass is 10.4. The Morgan fingerprint density at radius 3 is 0.327 bits per heavy atom. The molecule has 55 heavy (non-hydrogen) atoms. The summed E-state index contributed by atoms with van der Waals surface area (Å²) in [7, 11) is 0. The average molecular weight is 665 g/mol. The Bertz CT molecular complexity index is 3410. The van der Waals surface area contributed by atoms with Crippen LogP contribution in [-0.4, -0.2) is 0 Å². The Morgan fingerprint density at radius 2 is 0.236 bits per heavy atom. The van der Waals surface area contributed by atoms with Crippen LogP contribution in [0.3, 0.4) is 0 Å². The van der Waals surface area contributed by atoms with Gasteiger partial charge in [0.15, 0.2) is 0 Å². The van der Waals surface area contributed by atoms with E-state index in [4.69, 9.17) is 6.42 Å². The minimum atomic E-state index is 1.69. The highest BCUT2D eigenvalue weighted by Gasteiger charge is 1.62. The molecule has 0 spiro atoms. The molecule has 0 rings (SSSR count). The largest absolute Gasteiger partial charge is 0.106 e. The van der Waals surface area contributed by atoms with Crippen molar-refractivity contribution >= 4 is 0 Å². The van der Waals surface area contributed by atoms with E-state index in [1.54, 1.807) is 6.92 Å². The molecule has 0 N–H and O–H groups in total. The Balaban J connectivity index is 4.57. The molecule has 0 aromatic carbocycles. The van der Waals surface area contributed by atoms with E-state index in [1.165, 1.54) is 0 Å². The van der Waals surface area contributed by atoms with Crippen LogP contribution in [0.2, 0.25) is 0 Å². The van der Waals surface area contributed by atoms with Gasteiger partial charge in [0.05, 0.1) is 0 Å². The molecule has 0 nitrogen and oxygen atoms in total. The van der Waals surface area contributed by atoms with Crippen molar-refractivity contribution in [3.8, 4) is 320 Å². The number of hydrogen-bond donors (Lipinski definition) is 0. The van der Waals surface area contributed by atoms with Crippen LogP contribution in [0.5, 0.6) is 0 Å². The minimum absolute atomic E-state index is 1.69. The third kappa shape index (κ3) is 42.1. The van der Waals surface area contributed by atoms with Gasteiger partial charge in [-0.2, -0.15) is 0 Å². The monoisotopic (exact) mass is 664 g/mol. The molecular weight excluding hydrogens is 661 g/mol. The Labute approximate surface area is 325 Å². The van der Waals surface area contributed by atoms with Gasteiger partial charge in [-0.1, -0.05) is 5.92 Å². The van der Waals surface area contributed by atoms with Crippen LogP contribution < -0.4 is 0 Å². The molecule has 0 radical (unpaired) electrons. The molecule has 0 saturated carbocycles. The van der Waals surface area contributed by atoms with Gasteiger partial charge in [0.1, 0.15) is 0 Å². The van der Waals surface area contributed by atoms with Gasteiger partial charge in [-0.3, -0.25) is 0 Å². The van der Waals surface area contributed by atoms with E-state index in [0.29, 0.717) is 0 Å². The lowest BCUT2D eigenvalue weighted by molar-refractivity contribution is 1.92. The maximum atomic E-state index is 4.94. The second kappa shape index (κ2) is 42.1. The standard InChI is InChI=1S/C55H4/c1-3-5-7-9-11-13-15-17-19-21-23-25-27-29-31-33-35-37-39-41-43-45-47-49-51-53-55-54-52-50-48-46-44-42-40-38-36-34-32-30-28-26-24-22-20-18-16-14-12-10-8-6-4-2/h1H,2H3. The lowest BCUT2D eigenvalue weighted by Gasteiger charge is -1.57. The van der Waals surface area contributed by atoms with Crippen LogP contribution in [0.25, 0.3) is 0 Å². The molecule has 0 aromatic heterocycles. The third-order valence-electron chi connectivity index (χ3n) is 3.32. The first-order chi connectivity index (χ1) is 27.4. The highest BCUT2D eigenvalue weighted by molar-refractivity contribution is 5.51. The second-order valence-corrected chi connectivity index (χ2v) is 6.77. The number of terminal acetylenes is 1. The molecule has 0 heterocycles. The summed E-state index contributed by atoms with van der Waals surface area (Å²) in [5, 5.41) is 0. The first-order valence-corrected chi connectivity index (χ1v) is 13.8. The number of rotatable bonds is 0. The molecule has 0 aliphatic rings. The van der Waals surface area contributed by atoms with Crippen LogP contribution >= 0.6 is 0 Å². The van der Waals surface area contributed by atoms with Gasteiger partial charge in [-0.05, 0) is 102 Å². The molecule has 0 aliphatic heterocycles. The topological polar surface area (TPSA) is 0 Å². The maximum Gasteiger partial charge on any atom is 0 e. The molecule has 0 atom stereocenters. The van der Waals surface area contributed by atoms with Gasteiger partial charge in [0, 0.05) is 213 Å². The van der Waals surface area contributed by atoms with Crippen molar-refractivity contribution in [1.29, 1.82) is 0 Å². The average Bonchev–Trinajstić information content (AvgIpc) is 3.20. The van der Waals surface area contributed by atoms with Crippen molar-refractivity contribution < 1.29 is 0 Å². The van der Waals surface area contributed by atoms with E-state index in [-0.39, 0.29) is 0 Å². The van der Waals surface area contributed by atoms with Crippen molar-refractivity contribution in [1.82, 2.24) is 0 Å². The van der Waals surface area contributed by atoms with Crippen LogP contribution in [-0.2, 0) is 0 Å². The predicted octanol–water partition coefficient (Wildman–Crippen LogP) is 0.728. The van der Waals surface area contributed by atoms with Crippen LogP contribution in [0.1, 0.15) is 6.92 Å². The summed E-state index contributed by atoms with van der Waals surface area (Å²) in [6.45, 7) is 1.69. The third-order valence-corrected chi connectivity index (χ3v) is 3.32. The summed E-state index contributed by atoms with van der Waals surface area (Å²) < 4.78 is 0. The highest BCUT2D eigenvalue weighted by atomic mass is 13.6. The summed E-state index contributed by atoms with van der Waals surface area (Å²) in [4.78, 5) is 0. The van der Waals surface area contributed by atoms with Gasteiger partial charge in [0.25, 0.3) is 0 Å². The smallest absolute Gasteiger partial charge is 0 e. The molecule has 0 fully saturated rings. The van der Waals surface area contributed by atoms with E-state index in [9.17, 15) is 0 Å². The molecule has 0 aromatic rings. The fourth-order valence-corrected chi connectivity index (χ4v) is 1.63. The van der Waals surface area contributed by atoms with E-state index < -0.39 is 0 Å². The molecule has 0 saturated heterocycles. The number of hydrogen-bond acceptors (Lipinski definition) is 0. The fourth-order valence-electron chi connectivity index (χ4n) is 1.63. The van der Waals surface area contributed by atoms with E-state index in [0.717, 1.165) is 0 Å². The molecule has 0 aliphatic carbocycles. The minimum Gasteiger partial charge on any atom is -0.106 e. The highest BCUT2D eigenvalue weighted by Crippen LogP contribution is 1.62. The Hall–Kier alpha value is -11.9. The van der Waals surface area contributed by atoms with Crippen molar-refractivity contribution in [3.63, 3.8) is 0 Å². The first kappa shape index (κ1) is 43.1. The van der Waals surface area contributed by atoms with E-state index >= 15 is 0 Å². The molecule has 0 amide bonds. The van der Waals surface area contributed by atoms with Crippen LogP contribution in [0.4, 0.5) is 0 Å². The summed E-state index contributed by atoms with van der Waals surface area (Å²) >= 11 is 0. The summed E-state index contributed by atoms with van der Waals surface area (Å²) in [5.41, 5.74) is 0. The predicted molar refractivity (Wildman–Crippen MR) is 217 cm³/mol. The molecule has 0 heteroatoms. The molecule has 224 valence electrons.